The monoisotopic (exact) mass is 375 g/mol. The van der Waals surface area contributed by atoms with Crippen molar-refractivity contribution in [1.82, 2.24) is 10.2 Å². The van der Waals surface area contributed by atoms with Crippen LogP contribution in [0.1, 0.15) is 55.3 Å². The van der Waals surface area contributed by atoms with Gasteiger partial charge >= 0.3 is 6.03 Å². The maximum atomic E-state index is 13.0. The van der Waals surface area contributed by atoms with Crippen molar-refractivity contribution >= 4 is 11.8 Å². The van der Waals surface area contributed by atoms with Crippen LogP contribution in [0.25, 0.3) is 0 Å². The zero-order valence-corrected chi connectivity index (χ0v) is 15.8. The number of carbonyl (C=O) groups is 2. The Balaban J connectivity index is 1.36. The fourth-order valence-corrected chi connectivity index (χ4v) is 4.43. The molecule has 1 aliphatic carbocycles. The minimum absolute atomic E-state index is 0.0574. The molecule has 0 unspecified atom stereocenters. The third kappa shape index (κ3) is 5.76. The van der Waals surface area contributed by atoms with E-state index in [1.165, 1.54) is 18.6 Å². The summed E-state index contributed by atoms with van der Waals surface area (Å²) in [6, 6.07) is 5.72. The maximum absolute atomic E-state index is 13.0. The predicted molar refractivity (Wildman–Crippen MR) is 103 cm³/mol. The number of halogens is 1. The average molecular weight is 375 g/mol. The number of nitrogens with two attached hydrogens (primary N) is 1. The molecule has 1 saturated heterocycles. The molecule has 1 aromatic rings. The largest absolute Gasteiger partial charge is 0.352 e. The summed E-state index contributed by atoms with van der Waals surface area (Å²) < 4.78 is 13.0. The first-order valence-corrected chi connectivity index (χ1v) is 10.1. The second-order valence-electron chi connectivity index (χ2n) is 8.00. The van der Waals surface area contributed by atoms with Gasteiger partial charge in [0.1, 0.15) is 5.82 Å². The number of likely N-dealkylation sites (tertiary alicyclic amines) is 1. The normalized spacial score (nSPS) is 24.5. The lowest BCUT2D eigenvalue weighted by molar-refractivity contribution is 0.0832. The smallest absolute Gasteiger partial charge is 0.312 e. The third-order valence-corrected chi connectivity index (χ3v) is 6.13. The van der Waals surface area contributed by atoms with Crippen molar-refractivity contribution in [3.63, 3.8) is 0 Å². The summed E-state index contributed by atoms with van der Waals surface area (Å²) in [5.74, 6) is 0.618. The lowest BCUT2D eigenvalue weighted by Crippen LogP contribution is -2.41. The van der Waals surface area contributed by atoms with Gasteiger partial charge in [0.05, 0.1) is 0 Å². The number of primary amides is 1. The van der Waals surface area contributed by atoms with Gasteiger partial charge in [-0.25, -0.2) is 9.18 Å². The van der Waals surface area contributed by atoms with Crippen LogP contribution in [0.2, 0.25) is 0 Å². The molecule has 1 heterocycles. The molecule has 0 bridgehead atoms. The zero-order chi connectivity index (χ0) is 19.2. The van der Waals surface area contributed by atoms with Gasteiger partial charge in [0.25, 0.3) is 0 Å². The van der Waals surface area contributed by atoms with E-state index in [0.717, 1.165) is 64.1 Å². The molecule has 148 valence electrons. The molecular weight excluding hydrogens is 345 g/mol. The molecule has 0 radical (unpaired) electrons. The molecule has 0 atom stereocenters. The number of benzene rings is 1. The molecule has 0 spiro atoms. The molecule has 6 heteroatoms. The summed E-state index contributed by atoms with van der Waals surface area (Å²) in [7, 11) is 0. The van der Waals surface area contributed by atoms with Crippen molar-refractivity contribution in [2.75, 3.05) is 19.6 Å². The summed E-state index contributed by atoms with van der Waals surface area (Å²) in [4.78, 5) is 25.9. The van der Waals surface area contributed by atoms with Gasteiger partial charge in [-0.3, -0.25) is 4.79 Å². The highest BCUT2D eigenvalue weighted by molar-refractivity contribution is 5.97. The number of piperidine rings is 1. The van der Waals surface area contributed by atoms with E-state index in [0.29, 0.717) is 5.56 Å². The van der Waals surface area contributed by atoms with Crippen LogP contribution >= 0.6 is 0 Å². The second kappa shape index (κ2) is 9.31. The van der Waals surface area contributed by atoms with E-state index in [1.807, 2.05) is 0 Å². The van der Waals surface area contributed by atoms with E-state index in [4.69, 9.17) is 5.73 Å². The molecule has 1 aliphatic heterocycles. The Bertz CT molecular complexity index is 633. The molecule has 3 rings (SSSR count). The van der Waals surface area contributed by atoms with Crippen molar-refractivity contribution in [1.29, 1.82) is 0 Å². The van der Waals surface area contributed by atoms with Gasteiger partial charge in [-0.2, -0.15) is 0 Å². The van der Waals surface area contributed by atoms with E-state index in [9.17, 15) is 14.0 Å². The Morgan fingerprint density at radius 1 is 1.04 bits per heavy atom. The van der Waals surface area contributed by atoms with Crippen LogP contribution in [0.4, 0.5) is 9.18 Å². The quantitative estimate of drug-likeness (QED) is 0.749. The Kier molecular flexibility index (Phi) is 6.83. The summed E-state index contributed by atoms with van der Waals surface area (Å²) in [6.07, 6.45) is 7.26. The zero-order valence-electron chi connectivity index (χ0n) is 15.8. The second-order valence-corrected chi connectivity index (χ2v) is 8.00. The van der Waals surface area contributed by atoms with Crippen LogP contribution in [0.15, 0.2) is 24.3 Å². The molecule has 0 aromatic heterocycles. The van der Waals surface area contributed by atoms with E-state index in [2.05, 4.69) is 10.2 Å². The number of hydrogen-bond donors (Lipinski definition) is 2. The third-order valence-electron chi connectivity index (χ3n) is 6.13. The number of carbonyl (C=O) groups excluding carboxylic acids is 2. The number of ketones is 1. The van der Waals surface area contributed by atoms with Gasteiger partial charge in [-0.1, -0.05) is 0 Å². The van der Waals surface area contributed by atoms with Gasteiger partial charge in [0.15, 0.2) is 5.78 Å². The number of urea groups is 1. The standard InChI is InChI=1S/C21H30FN3O2/c22-18-5-3-16(4-6-18)20(26)17-10-13-25(14-11-17)12-9-15-1-7-19(8-2-15)24-21(23)27/h3-6,15,17,19H,1-2,7-14H2,(H3,23,24,27). The average Bonchev–Trinajstić information content (AvgIpc) is 2.67. The minimum atomic E-state index is -0.420. The Morgan fingerprint density at radius 2 is 1.67 bits per heavy atom. The first-order valence-electron chi connectivity index (χ1n) is 10.1. The number of nitrogens with zero attached hydrogens (tertiary/aromatic N) is 1. The topological polar surface area (TPSA) is 75.4 Å². The molecule has 5 nitrogen and oxygen atoms in total. The van der Waals surface area contributed by atoms with Crippen LogP contribution in [-0.4, -0.2) is 42.4 Å². The minimum Gasteiger partial charge on any atom is -0.352 e. The summed E-state index contributed by atoms with van der Waals surface area (Å²) in [5, 5.41) is 2.82. The van der Waals surface area contributed by atoms with Gasteiger partial charge in [-0.05, 0) is 94.8 Å². The summed E-state index contributed by atoms with van der Waals surface area (Å²) >= 11 is 0. The molecule has 3 N–H and O–H groups in total. The molecular formula is C21H30FN3O2. The molecule has 2 fully saturated rings. The van der Waals surface area contributed by atoms with Crippen LogP contribution in [-0.2, 0) is 0 Å². The molecule has 2 amide bonds. The highest BCUT2D eigenvalue weighted by Crippen LogP contribution is 2.28. The van der Waals surface area contributed by atoms with Gasteiger partial charge in [-0.15, -0.1) is 0 Å². The molecule has 1 saturated carbocycles. The van der Waals surface area contributed by atoms with Crippen LogP contribution in [0.5, 0.6) is 0 Å². The molecule has 1 aromatic carbocycles. The van der Waals surface area contributed by atoms with E-state index >= 15 is 0 Å². The molecule has 27 heavy (non-hydrogen) atoms. The number of rotatable bonds is 6. The number of nitrogens with one attached hydrogen (secondary N) is 1. The van der Waals surface area contributed by atoms with E-state index in [1.54, 1.807) is 12.1 Å². The van der Waals surface area contributed by atoms with Crippen molar-refractivity contribution in [3.05, 3.63) is 35.6 Å². The van der Waals surface area contributed by atoms with Crippen molar-refractivity contribution < 1.29 is 14.0 Å². The fraction of sp³-hybridized carbons (Fsp3) is 0.619. The lowest BCUT2D eigenvalue weighted by atomic mass is 9.83. The summed E-state index contributed by atoms with van der Waals surface area (Å²) in [5.41, 5.74) is 5.81. The number of Topliss-reactive ketones (excluding diaryl/α,β-unsaturated/α-hetero) is 1. The Hall–Kier alpha value is -1.95. The van der Waals surface area contributed by atoms with Crippen LogP contribution in [0.3, 0.4) is 0 Å². The summed E-state index contributed by atoms with van der Waals surface area (Å²) in [6.45, 7) is 2.99. The maximum Gasteiger partial charge on any atom is 0.312 e. The van der Waals surface area contributed by atoms with Gasteiger partial charge in [0, 0.05) is 17.5 Å². The van der Waals surface area contributed by atoms with Gasteiger partial charge in [0.2, 0.25) is 0 Å². The van der Waals surface area contributed by atoms with E-state index in [-0.39, 0.29) is 23.6 Å². The fourth-order valence-electron chi connectivity index (χ4n) is 4.43. The lowest BCUT2D eigenvalue weighted by Gasteiger charge is -2.34. The SMILES string of the molecule is NC(=O)NC1CCC(CCN2CCC(C(=O)c3ccc(F)cc3)CC2)CC1. The van der Waals surface area contributed by atoms with Crippen molar-refractivity contribution in [3.8, 4) is 0 Å². The van der Waals surface area contributed by atoms with Crippen molar-refractivity contribution in [2.45, 2.75) is 51.0 Å². The highest BCUT2D eigenvalue weighted by atomic mass is 19.1. The Morgan fingerprint density at radius 3 is 2.26 bits per heavy atom. The first kappa shape index (κ1) is 19.8. The number of hydrogen-bond acceptors (Lipinski definition) is 3. The predicted octanol–water partition coefficient (Wildman–Crippen LogP) is 3.34. The highest BCUT2D eigenvalue weighted by Gasteiger charge is 2.27. The van der Waals surface area contributed by atoms with E-state index < -0.39 is 6.03 Å². The number of amides is 2. The first-order chi connectivity index (χ1) is 13.0. The van der Waals surface area contributed by atoms with Crippen LogP contribution in [0, 0.1) is 17.7 Å². The Labute approximate surface area is 160 Å². The van der Waals surface area contributed by atoms with Crippen LogP contribution < -0.4 is 11.1 Å². The van der Waals surface area contributed by atoms with Crippen molar-refractivity contribution in [2.24, 2.45) is 17.6 Å². The molecule has 2 aliphatic rings. The van der Waals surface area contributed by atoms with Gasteiger partial charge < -0.3 is 16.0 Å².